The van der Waals surface area contributed by atoms with E-state index in [0.717, 1.165) is 15.8 Å². The van der Waals surface area contributed by atoms with E-state index in [1.165, 1.54) is 0 Å². The highest BCUT2D eigenvalue weighted by molar-refractivity contribution is 9.10. The van der Waals surface area contributed by atoms with Crippen LogP contribution in [0.2, 0.25) is 0 Å². The number of nitrogens with one attached hydrogen (secondary N) is 1. The number of hydrogen-bond acceptors (Lipinski definition) is 3. The van der Waals surface area contributed by atoms with Crippen LogP contribution in [0.3, 0.4) is 0 Å². The Hall–Kier alpha value is -0.740. The van der Waals surface area contributed by atoms with Crippen molar-refractivity contribution in [2.24, 2.45) is 5.92 Å². The van der Waals surface area contributed by atoms with E-state index >= 15 is 0 Å². The number of aliphatic hydroxyl groups excluding tert-OH is 1. The van der Waals surface area contributed by atoms with Crippen LogP contribution >= 0.6 is 15.9 Å². The Labute approximate surface area is 98.8 Å². The average Bonchev–Trinajstić information content (AvgIpc) is 2.22. The third kappa shape index (κ3) is 3.39. The van der Waals surface area contributed by atoms with Crippen LogP contribution in [0.4, 0.5) is 11.4 Å². The molecule has 2 atom stereocenters. The number of aliphatic hydroxyl groups is 1. The second-order valence-electron chi connectivity index (χ2n) is 3.82. The van der Waals surface area contributed by atoms with Crippen molar-refractivity contribution in [3.63, 3.8) is 0 Å². The lowest BCUT2D eigenvalue weighted by Gasteiger charge is -2.21. The maximum Gasteiger partial charge on any atom is 0.0587 e. The Kier molecular flexibility index (Phi) is 4.42. The maximum absolute atomic E-state index is 9.03. The lowest BCUT2D eigenvalue weighted by atomic mass is 10.0. The molecule has 0 spiro atoms. The molecular weight excluding hydrogens is 256 g/mol. The van der Waals surface area contributed by atoms with E-state index in [-0.39, 0.29) is 18.6 Å². The summed E-state index contributed by atoms with van der Waals surface area (Å²) in [7, 11) is 0. The number of rotatable bonds is 4. The first-order valence-corrected chi connectivity index (χ1v) is 5.76. The summed E-state index contributed by atoms with van der Waals surface area (Å²) in [5.41, 5.74) is 7.45. The van der Waals surface area contributed by atoms with Gasteiger partial charge < -0.3 is 16.2 Å². The molecule has 0 radical (unpaired) electrons. The van der Waals surface area contributed by atoms with E-state index in [2.05, 4.69) is 21.2 Å². The van der Waals surface area contributed by atoms with E-state index < -0.39 is 0 Å². The number of nitrogens with two attached hydrogens (primary N) is 1. The summed E-state index contributed by atoms with van der Waals surface area (Å²) in [6.07, 6.45) is 0. The van der Waals surface area contributed by atoms with Crippen molar-refractivity contribution in [1.29, 1.82) is 0 Å². The molecule has 0 saturated heterocycles. The Balaban J connectivity index is 2.75. The smallest absolute Gasteiger partial charge is 0.0587 e. The van der Waals surface area contributed by atoms with Crippen molar-refractivity contribution < 1.29 is 5.11 Å². The topological polar surface area (TPSA) is 58.3 Å². The van der Waals surface area contributed by atoms with Gasteiger partial charge in [-0.05, 0) is 31.0 Å². The monoisotopic (exact) mass is 272 g/mol. The summed E-state index contributed by atoms with van der Waals surface area (Å²) < 4.78 is 0.989. The SMILES string of the molecule is CC(CO)C(C)Nc1cc(Br)ccc1N. The van der Waals surface area contributed by atoms with Gasteiger partial charge in [0.15, 0.2) is 0 Å². The molecule has 15 heavy (non-hydrogen) atoms. The average molecular weight is 273 g/mol. The van der Waals surface area contributed by atoms with E-state index in [0.29, 0.717) is 0 Å². The molecule has 0 aliphatic rings. The largest absolute Gasteiger partial charge is 0.397 e. The molecule has 0 saturated carbocycles. The molecule has 3 nitrogen and oxygen atoms in total. The fourth-order valence-electron chi connectivity index (χ4n) is 1.20. The van der Waals surface area contributed by atoms with Gasteiger partial charge in [-0.2, -0.15) is 0 Å². The van der Waals surface area contributed by atoms with E-state index in [4.69, 9.17) is 10.8 Å². The molecule has 4 N–H and O–H groups in total. The summed E-state index contributed by atoms with van der Waals surface area (Å²) in [5.74, 6) is 0.198. The molecule has 1 rings (SSSR count). The molecule has 0 aromatic heterocycles. The lowest BCUT2D eigenvalue weighted by molar-refractivity contribution is 0.226. The third-order valence-corrected chi connectivity index (χ3v) is 3.03. The zero-order chi connectivity index (χ0) is 11.4. The van der Waals surface area contributed by atoms with Crippen molar-refractivity contribution in [2.75, 3.05) is 17.7 Å². The molecule has 1 aromatic rings. The molecule has 4 heteroatoms. The van der Waals surface area contributed by atoms with Crippen molar-refractivity contribution >= 4 is 27.3 Å². The van der Waals surface area contributed by atoms with Crippen LogP contribution < -0.4 is 11.1 Å². The van der Waals surface area contributed by atoms with Gasteiger partial charge in [0.25, 0.3) is 0 Å². The minimum absolute atomic E-state index is 0.169. The molecule has 0 bridgehead atoms. The number of hydrogen-bond donors (Lipinski definition) is 3. The molecule has 0 fully saturated rings. The normalized spacial score (nSPS) is 14.7. The Morgan fingerprint density at radius 2 is 2.13 bits per heavy atom. The molecule has 0 aliphatic heterocycles. The molecule has 84 valence electrons. The quantitative estimate of drug-likeness (QED) is 0.738. The summed E-state index contributed by atoms with van der Waals surface area (Å²) in [6, 6.07) is 5.88. The zero-order valence-corrected chi connectivity index (χ0v) is 10.6. The lowest BCUT2D eigenvalue weighted by Crippen LogP contribution is -2.26. The number of nitrogen functional groups attached to an aromatic ring is 1. The minimum atomic E-state index is 0.169. The van der Waals surface area contributed by atoms with Gasteiger partial charge in [-0.1, -0.05) is 22.9 Å². The number of anilines is 2. The molecule has 2 unspecified atom stereocenters. The minimum Gasteiger partial charge on any atom is -0.397 e. The first kappa shape index (κ1) is 12.3. The van der Waals surface area contributed by atoms with Crippen molar-refractivity contribution in [1.82, 2.24) is 0 Å². The molecule has 1 aromatic carbocycles. The molecule has 0 aliphatic carbocycles. The third-order valence-electron chi connectivity index (χ3n) is 2.54. The summed E-state index contributed by atoms with van der Waals surface area (Å²) in [4.78, 5) is 0. The van der Waals surface area contributed by atoms with E-state index in [9.17, 15) is 0 Å². The Bertz CT molecular complexity index is 330. The van der Waals surface area contributed by atoms with Gasteiger partial charge in [0.1, 0.15) is 0 Å². The van der Waals surface area contributed by atoms with Crippen molar-refractivity contribution in [3.05, 3.63) is 22.7 Å². The summed E-state index contributed by atoms with van der Waals surface area (Å²) in [6.45, 7) is 4.19. The number of benzene rings is 1. The fourth-order valence-corrected chi connectivity index (χ4v) is 1.56. The van der Waals surface area contributed by atoms with Crippen LogP contribution in [0, 0.1) is 5.92 Å². The highest BCUT2D eigenvalue weighted by Crippen LogP contribution is 2.24. The van der Waals surface area contributed by atoms with Gasteiger partial charge >= 0.3 is 0 Å². The molecule has 0 heterocycles. The van der Waals surface area contributed by atoms with Crippen LogP contribution in [-0.2, 0) is 0 Å². The molecular formula is C11H17BrN2O. The standard InChI is InChI=1S/C11H17BrN2O/c1-7(6-15)8(2)14-11-5-9(12)3-4-10(11)13/h3-5,7-8,14-15H,6,13H2,1-2H3. The first-order chi connectivity index (χ1) is 7.04. The zero-order valence-electron chi connectivity index (χ0n) is 9.00. The predicted octanol–water partition coefficient (Wildman–Crippen LogP) is 2.46. The van der Waals surface area contributed by atoms with Crippen LogP contribution in [0.1, 0.15) is 13.8 Å². The fraction of sp³-hybridized carbons (Fsp3) is 0.455. The second kappa shape index (κ2) is 5.37. The van der Waals surface area contributed by atoms with E-state index in [1.807, 2.05) is 32.0 Å². The van der Waals surface area contributed by atoms with Gasteiger partial charge in [-0.25, -0.2) is 0 Å². The van der Waals surface area contributed by atoms with Crippen LogP contribution in [0.25, 0.3) is 0 Å². The number of halogens is 1. The van der Waals surface area contributed by atoms with E-state index in [1.54, 1.807) is 0 Å². The second-order valence-corrected chi connectivity index (χ2v) is 4.74. The van der Waals surface area contributed by atoms with Gasteiger partial charge in [0.05, 0.1) is 11.4 Å². The van der Waals surface area contributed by atoms with Gasteiger partial charge in [-0.3, -0.25) is 0 Å². The Morgan fingerprint density at radius 3 is 2.73 bits per heavy atom. The Morgan fingerprint density at radius 1 is 1.47 bits per heavy atom. The van der Waals surface area contributed by atoms with Gasteiger partial charge in [-0.15, -0.1) is 0 Å². The van der Waals surface area contributed by atoms with Crippen LogP contribution in [0.5, 0.6) is 0 Å². The summed E-state index contributed by atoms with van der Waals surface area (Å²) in [5, 5.41) is 12.3. The van der Waals surface area contributed by atoms with Crippen LogP contribution in [-0.4, -0.2) is 17.8 Å². The van der Waals surface area contributed by atoms with Gasteiger partial charge in [0, 0.05) is 17.1 Å². The predicted molar refractivity (Wildman–Crippen MR) is 67.9 cm³/mol. The molecule has 0 amide bonds. The maximum atomic E-state index is 9.03. The van der Waals surface area contributed by atoms with Crippen LogP contribution in [0.15, 0.2) is 22.7 Å². The summed E-state index contributed by atoms with van der Waals surface area (Å²) >= 11 is 3.40. The highest BCUT2D eigenvalue weighted by Gasteiger charge is 2.11. The van der Waals surface area contributed by atoms with Crippen molar-refractivity contribution in [3.8, 4) is 0 Å². The van der Waals surface area contributed by atoms with Gasteiger partial charge in [0.2, 0.25) is 0 Å². The first-order valence-electron chi connectivity index (χ1n) is 4.97. The van der Waals surface area contributed by atoms with Crippen molar-refractivity contribution in [2.45, 2.75) is 19.9 Å². The highest BCUT2D eigenvalue weighted by atomic mass is 79.9.